The number of likely N-dealkylation sites (N-methyl/N-ethyl adjacent to an activating group) is 1. The molecule has 3 N–H and O–H groups in total. The minimum atomic E-state index is -0.392. The van der Waals surface area contributed by atoms with Gasteiger partial charge in [0.1, 0.15) is 0 Å². The van der Waals surface area contributed by atoms with Gasteiger partial charge in [-0.15, -0.1) is 0 Å². The van der Waals surface area contributed by atoms with E-state index < -0.39 is 5.97 Å². The zero-order valence-electron chi connectivity index (χ0n) is 16.3. The van der Waals surface area contributed by atoms with Crippen molar-refractivity contribution in [2.75, 3.05) is 31.6 Å². The molecule has 0 aliphatic carbocycles. The van der Waals surface area contributed by atoms with Crippen LogP contribution >= 0.6 is 0 Å². The third-order valence-electron chi connectivity index (χ3n) is 3.52. The van der Waals surface area contributed by atoms with Gasteiger partial charge >= 0.3 is 5.97 Å². The van der Waals surface area contributed by atoms with Crippen LogP contribution in [-0.4, -0.2) is 49.6 Å². The number of rotatable bonds is 8. The fourth-order valence-corrected chi connectivity index (χ4v) is 2.34. The van der Waals surface area contributed by atoms with Crippen LogP contribution in [0.15, 0.2) is 24.3 Å². The minimum absolute atomic E-state index is 0.0825. The second-order valence-electron chi connectivity index (χ2n) is 7.10. The molecule has 0 aromatic heterocycles. The van der Waals surface area contributed by atoms with Crippen LogP contribution in [0.4, 0.5) is 5.69 Å². The number of nitrogens with one attached hydrogen (secondary N) is 3. The lowest BCUT2D eigenvalue weighted by Crippen LogP contribution is -3.14. The lowest BCUT2D eigenvalue weighted by molar-refractivity contribution is -0.881. The molecule has 144 valence electrons. The third-order valence-corrected chi connectivity index (χ3v) is 3.52. The average Bonchev–Trinajstić information content (AvgIpc) is 2.53. The van der Waals surface area contributed by atoms with Crippen LogP contribution in [0, 0.1) is 0 Å². The maximum atomic E-state index is 12.2. The van der Waals surface area contributed by atoms with Gasteiger partial charge in [0.15, 0.2) is 13.1 Å². The lowest BCUT2D eigenvalue weighted by Gasteiger charge is -2.23. The number of carbonyl (C=O) groups excluding carboxylic acids is 3. The van der Waals surface area contributed by atoms with Gasteiger partial charge < -0.3 is 20.3 Å². The van der Waals surface area contributed by atoms with Crippen LogP contribution in [-0.2, 0) is 14.3 Å². The number of hydrogen-bond donors (Lipinski definition) is 3. The summed E-state index contributed by atoms with van der Waals surface area (Å²) in [7, 11) is 0. The first-order valence-electron chi connectivity index (χ1n) is 8.86. The summed E-state index contributed by atoms with van der Waals surface area (Å²) in [6.45, 7) is 10.8. The molecule has 2 amide bonds. The van der Waals surface area contributed by atoms with E-state index in [1.54, 1.807) is 31.2 Å². The molecule has 1 unspecified atom stereocenters. The highest BCUT2D eigenvalue weighted by Crippen LogP contribution is 2.10. The van der Waals surface area contributed by atoms with Crippen LogP contribution in [0.3, 0.4) is 0 Å². The fraction of sp³-hybridized carbons (Fsp3) is 0.526. The van der Waals surface area contributed by atoms with Crippen LogP contribution in [0.1, 0.15) is 45.0 Å². The predicted octanol–water partition coefficient (Wildman–Crippen LogP) is 0.621. The summed E-state index contributed by atoms with van der Waals surface area (Å²) in [5, 5.41) is 5.68. The van der Waals surface area contributed by atoms with Crippen LogP contribution < -0.4 is 15.5 Å². The number of carbonyl (C=O) groups is 3. The second-order valence-corrected chi connectivity index (χ2v) is 7.10. The molecule has 1 atom stereocenters. The fourth-order valence-electron chi connectivity index (χ4n) is 2.34. The molecule has 0 saturated carbocycles. The molecule has 1 aromatic rings. The van der Waals surface area contributed by atoms with Gasteiger partial charge in [-0.3, -0.25) is 9.59 Å². The number of benzene rings is 1. The zero-order chi connectivity index (χ0) is 19.7. The summed E-state index contributed by atoms with van der Waals surface area (Å²) in [5.74, 6) is -0.660. The van der Waals surface area contributed by atoms with Crippen LogP contribution in [0.25, 0.3) is 0 Å². The number of amides is 2. The van der Waals surface area contributed by atoms with Gasteiger partial charge in [0.2, 0.25) is 0 Å². The van der Waals surface area contributed by atoms with E-state index >= 15 is 0 Å². The van der Waals surface area contributed by atoms with E-state index in [1.165, 1.54) is 0 Å². The largest absolute Gasteiger partial charge is 0.462 e. The Balaban J connectivity index is 2.56. The van der Waals surface area contributed by atoms with Crippen molar-refractivity contribution < 1.29 is 24.0 Å². The Morgan fingerprint density at radius 1 is 1.00 bits per heavy atom. The van der Waals surface area contributed by atoms with Gasteiger partial charge in [0.05, 0.1) is 18.7 Å². The summed E-state index contributed by atoms with van der Waals surface area (Å²) in [6, 6.07) is 6.52. The topological polar surface area (TPSA) is 88.9 Å². The molecule has 0 aliphatic heterocycles. The van der Waals surface area contributed by atoms with E-state index in [4.69, 9.17) is 4.74 Å². The molecule has 0 fully saturated rings. The predicted molar refractivity (Wildman–Crippen MR) is 100 cm³/mol. The van der Waals surface area contributed by atoms with Crippen molar-refractivity contribution in [3.63, 3.8) is 0 Å². The normalized spacial score (nSPS) is 12.2. The quantitative estimate of drug-likeness (QED) is 0.590. The monoisotopic (exact) mass is 364 g/mol. The van der Waals surface area contributed by atoms with Gasteiger partial charge in [-0.2, -0.15) is 0 Å². The van der Waals surface area contributed by atoms with Crippen molar-refractivity contribution in [2.45, 2.75) is 40.2 Å². The maximum Gasteiger partial charge on any atom is 0.338 e. The Morgan fingerprint density at radius 3 is 2.08 bits per heavy atom. The lowest BCUT2D eigenvalue weighted by atomic mass is 10.1. The molecular weight excluding hydrogens is 334 g/mol. The molecule has 7 heteroatoms. The van der Waals surface area contributed by atoms with Crippen molar-refractivity contribution in [3.05, 3.63) is 29.8 Å². The number of hydrogen-bond acceptors (Lipinski definition) is 4. The van der Waals surface area contributed by atoms with Crippen molar-refractivity contribution in [3.8, 4) is 0 Å². The summed E-state index contributed by atoms with van der Waals surface area (Å²) < 4.78 is 4.92. The average molecular weight is 364 g/mol. The molecule has 0 bridgehead atoms. The number of esters is 1. The highest BCUT2D eigenvalue weighted by molar-refractivity contribution is 5.93. The molecule has 26 heavy (non-hydrogen) atoms. The molecule has 0 spiro atoms. The Labute approximate surface area is 155 Å². The molecule has 7 nitrogen and oxygen atoms in total. The number of anilines is 1. The van der Waals surface area contributed by atoms with Gasteiger partial charge in [0, 0.05) is 11.2 Å². The molecule has 0 radical (unpaired) electrons. The third kappa shape index (κ3) is 8.11. The second kappa shape index (κ2) is 9.91. The first-order chi connectivity index (χ1) is 12.1. The van der Waals surface area contributed by atoms with Crippen LogP contribution in [0.2, 0.25) is 0 Å². The Morgan fingerprint density at radius 2 is 1.58 bits per heavy atom. The molecule has 1 aromatic carbocycles. The number of quaternary nitrogens is 1. The summed E-state index contributed by atoms with van der Waals surface area (Å²) in [6.07, 6.45) is 0. The van der Waals surface area contributed by atoms with E-state index in [2.05, 4.69) is 10.6 Å². The van der Waals surface area contributed by atoms with E-state index in [0.29, 0.717) is 24.4 Å². The zero-order valence-corrected chi connectivity index (χ0v) is 16.3. The summed E-state index contributed by atoms with van der Waals surface area (Å²) >= 11 is 0. The molecule has 0 aliphatic rings. The van der Waals surface area contributed by atoms with Crippen molar-refractivity contribution >= 4 is 23.5 Å². The molecular formula is C19H30N3O4+. The molecule has 0 saturated heterocycles. The van der Waals surface area contributed by atoms with Crippen molar-refractivity contribution in [1.82, 2.24) is 5.32 Å². The van der Waals surface area contributed by atoms with E-state index in [9.17, 15) is 14.4 Å². The van der Waals surface area contributed by atoms with Gasteiger partial charge in [-0.05, 0) is 58.9 Å². The summed E-state index contributed by atoms with van der Waals surface area (Å²) in [5.41, 5.74) is 0.737. The highest BCUT2D eigenvalue weighted by Gasteiger charge is 2.20. The molecule has 0 heterocycles. The Bertz CT molecular complexity index is 621. The Kier molecular flexibility index (Phi) is 8.25. The SMILES string of the molecule is CCOC(=O)c1ccc(NC(=O)C[NH+](CC)CC(=O)NC(C)(C)C)cc1. The van der Waals surface area contributed by atoms with E-state index in [1.807, 2.05) is 27.7 Å². The first-order valence-corrected chi connectivity index (χ1v) is 8.86. The minimum Gasteiger partial charge on any atom is -0.462 e. The van der Waals surface area contributed by atoms with Gasteiger partial charge in [0.25, 0.3) is 11.8 Å². The van der Waals surface area contributed by atoms with Crippen molar-refractivity contribution in [1.29, 1.82) is 0 Å². The van der Waals surface area contributed by atoms with Crippen LogP contribution in [0.5, 0.6) is 0 Å². The van der Waals surface area contributed by atoms with E-state index in [0.717, 1.165) is 4.90 Å². The first kappa shape index (κ1) is 21.6. The van der Waals surface area contributed by atoms with Crippen molar-refractivity contribution in [2.24, 2.45) is 0 Å². The smallest absolute Gasteiger partial charge is 0.338 e. The molecule has 1 rings (SSSR count). The maximum absolute atomic E-state index is 12.2. The standard InChI is InChI=1S/C19H29N3O4/c1-6-22(13-17(24)21-19(3,4)5)12-16(23)20-15-10-8-14(9-11-15)18(25)26-7-2/h8-11H,6-7,12-13H2,1-5H3,(H,20,23)(H,21,24)/p+1. The highest BCUT2D eigenvalue weighted by atomic mass is 16.5. The Hall–Kier alpha value is -2.41. The van der Waals surface area contributed by atoms with E-state index in [-0.39, 0.29) is 30.4 Å². The summed E-state index contributed by atoms with van der Waals surface area (Å²) in [4.78, 5) is 36.7. The van der Waals surface area contributed by atoms with Gasteiger partial charge in [-0.25, -0.2) is 4.79 Å². The van der Waals surface area contributed by atoms with Gasteiger partial charge in [-0.1, -0.05) is 0 Å². The number of ether oxygens (including phenoxy) is 1.